The second kappa shape index (κ2) is 10.7. The zero-order chi connectivity index (χ0) is 27.7. The molecule has 1 aliphatic rings. The Morgan fingerprint density at radius 1 is 0.868 bits per heavy atom. The molecule has 3 aromatic carbocycles. The quantitative estimate of drug-likeness (QED) is 0.500. The van der Waals surface area contributed by atoms with Crippen molar-refractivity contribution in [3.05, 3.63) is 88.9 Å². The van der Waals surface area contributed by atoms with Crippen molar-refractivity contribution < 1.29 is 27.9 Å². The minimum atomic E-state index is -5.17. The first-order chi connectivity index (χ1) is 17.9. The number of hydrogen-bond acceptors (Lipinski definition) is 4. The number of nitrogens with zero attached hydrogens (tertiary/aromatic N) is 3. The van der Waals surface area contributed by atoms with Gasteiger partial charge in [0.15, 0.2) is 0 Å². The number of hydrogen-bond donors (Lipinski definition) is 1. The summed E-state index contributed by atoms with van der Waals surface area (Å²) in [5.41, 5.74) is -1.14. The minimum absolute atomic E-state index is 0.0305. The lowest BCUT2D eigenvalue weighted by molar-refractivity contribution is -0.262. The molecule has 0 unspecified atom stereocenters. The molecule has 0 radical (unpaired) electrons. The Morgan fingerprint density at radius 3 is 1.97 bits per heavy atom. The monoisotopic (exact) mass is 545 g/mol. The van der Waals surface area contributed by atoms with Gasteiger partial charge in [-0.05, 0) is 35.4 Å². The van der Waals surface area contributed by atoms with Gasteiger partial charge in [-0.15, -0.1) is 0 Å². The summed E-state index contributed by atoms with van der Waals surface area (Å²) in [4.78, 5) is 29.6. The van der Waals surface area contributed by atoms with Crippen molar-refractivity contribution in [3.8, 4) is 11.1 Å². The Labute approximate surface area is 223 Å². The fourth-order valence-electron chi connectivity index (χ4n) is 4.46. The molecule has 1 saturated heterocycles. The van der Waals surface area contributed by atoms with Crippen molar-refractivity contribution >= 4 is 29.1 Å². The number of alkyl halides is 3. The van der Waals surface area contributed by atoms with Gasteiger partial charge in [-0.25, -0.2) is 0 Å². The van der Waals surface area contributed by atoms with E-state index in [2.05, 4.69) is 0 Å². The number of carbonyl (C=O) groups is 2. The smallest absolute Gasteiger partial charge is 0.369 e. The first-order valence-electron chi connectivity index (χ1n) is 11.9. The van der Waals surface area contributed by atoms with Crippen molar-refractivity contribution in [1.82, 2.24) is 9.80 Å². The van der Waals surface area contributed by atoms with E-state index < -0.39 is 23.2 Å². The summed E-state index contributed by atoms with van der Waals surface area (Å²) in [5.74, 6) is -1.56. The van der Waals surface area contributed by atoms with Crippen molar-refractivity contribution in [2.45, 2.75) is 11.8 Å². The van der Waals surface area contributed by atoms with Gasteiger partial charge in [-0.3, -0.25) is 9.59 Å². The van der Waals surface area contributed by atoms with E-state index in [0.29, 0.717) is 23.7 Å². The normalized spacial score (nSPS) is 15.7. The van der Waals surface area contributed by atoms with Crippen LogP contribution in [0.25, 0.3) is 11.1 Å². The zero-order valence-corrected chi connectivity index (χ0v) is 21.6. The minimum Gasteiger partial charge on any atom is -0.369 e. The fraction of sp³-hybridized carbons (Fsp3) is 0.286. The van der Waals surface area contributed by atoms with Crippen molar-refractivity contribution in [2.75, 3.05) is 45.2 Å². The maximum Gasteiger partial charge on any atom is 0.430 e. The van der Waals surface area contributed by atoms with Crippen LogP contribution in [0.1, 0.15) is 15.9 Å². The number of anilines is 1. The van der Waals surface area contributed by atoms with Crippen LogP contribution in [0.3, 0.4) is 0 Å². The SMILES string of the molecule is CN(C)C(=O)c1ccc(-c2ccc(N3CCN(C(=O)[C@](O)(c4ccccc4)C(F)(F)F)CC3)cc2)cc1Cl. The standard InChI is InChI=1S/C28H27ClF3N3O3/c1-33(2)25(36)23-13-10-20(18-24(23)29)19-8-11-22(12-9-19)34-14-16-35(17-15-34)26(37)27(38,28(30,31)32)21-6-4-3-5-7-21/h3-13,18,38H,14-17H2,1-2H3/t27-/m1/s1. The summed E-state index contributed by atoms with van der Waals surface area (Å²) >= 11 is 6.33. The Morgan fingerprint density at radius 2 is 1.45 bits per heavy atom. The van der Waals surface area contributed by atoms with E-state index in [4.69, 9.17) is 11.6 Å². The van der Waals surface area contributed by atoms with E-state index in [1.807, 2.05) is 35.2 Å². The van der Waals surface area contributed by atoms with Gasteiger partial charge in [0.2, 0.25) is 0 Å². The molecule has 3 aromatic rings. The molecule has 38 heavy (non-hydrogen) atoms. The van der Waals surface area contributed by atoms with E-state index >= 15 is 0 Å². The van der Waals surface area contributed by atoms with Crippen molar-refractivity contribution in [3.63, 3.8) is 0 Å². The predicted molar refractivity (Wildman–Crippen MR) is 140 cm³/mol. The highest BCUT2D eigenvalue weighted by Crippen LogP contribution is 2.40. The Hall–Kier alpha value is -3.56. The van der Waals surface area contributed by atoms with Gasteiger partial charge in [0.25, 0.3) is 17.4 Å². The lowest BCUT2D eigenvalue weighted by Crippen LogP contribution is -2.59. The molecule has 4 rings (SSSR count). The Balaban J connectivity index is 1.45. The van der Waals surface area contributed by atoms with Gasteiger partial charge in [-0.1, -0.05) is 60.1 Å². The van der Waals surface area contributed by atoms with Gasteiger partial charge >= 0.3 is 6.18 Å². The zero-order valence-electron chi connectivity index (χ0n) is 20.9. The number of halogens is 4. The molecule has 1 fully saturated rings. The third-order valence-electron chi connectivity index (χ3n) is 6.65. The number of benzene rings is 3. The van der Waals surface area contributed by atoms with Gasteiger partial charge < -0.3 is 19.8 Å². The predicted octanol–water partition coefficient (Wildman–Crippen LogP) is 4.81. The molecule has 0 spiro atoms. The van der Waals surface area contributed by atoms with Crippen molar-refractivity contribution in [1.29, 1.82) is 0 Å². The number of rotatable bonds is 5. The molecule has 0 aromatic heterocycles. The Bertz CT molecular complexity index is 1310. The summed E-state index contributed by atoms with van der Waals surface area (Å²) in [6, 6.07) is 19.2. The molecular weight excluding hydrogens is 519 g/mol. The molecule has 1 aliphatic heterocycles. The van der Waals surface area contributed by atoms with E-state index in [0.717, 1.165) is 33.8 Å². The fourth-order valence-corrected chi connectivity index (χ4v) is 4.72. The van der Waals surface area contributed by atoms with Crippen LogP contribution in [0, 0.1) is 0 Å². The number of carbonyl (C=O) groups excluding carboxylic acids is 2. The van der Waals surface area contributed by atoms with Crippen LogP contribution in [0.4, 0.5) is 18.9 Å². The highest BCUT2D eigenvalue weighted by molar-refractivity contribution is 6.34. The maximum absolute atomic E-state index is 13.9. The second-order valence-electron chi connectivity index (χ2n) is 9.29. The molecule has 1 N–H and O–H groups in total. The third-order valence-corrected chi connectivity index (χ3v) is 6.96. The number of piperazine rings is 1. The van der Waals surface area contributed by atoms with Crippen LogP contribution in [-0.4, -0.2) is 73.2 Å². The lowest BCUT2D eigenvalue weighted by Gasteiger charge is -2.40. The molecule has 2 amide bonds. The lowest BCUT2D eigenvalue weighted by atomic mass is 9.91. The molecular formula is C28H27ClF3N3O3. The number of amides is 2. The summed E-state index contributed by atoms with van der Waals surface area (Å²) in [6.45, 7) is 0.674. The molecule has 10 heteroatoms. The first kappa shape index (κ1) is 27.5. The molecule has 0 aliphatic carbocycles. The van der Waals surface area contributed by atoms with E-state index in [-0.39, 0.29) is 19.0 Å². The first-order valence-corrected chi connectivity index (χ1v) is 12.3. The Kier molecular flexibility index (Phi) is 7.71. The van der Waals surface area contributed by atoms with Crippen LogP contribution in [-0.2, 0) is 10.4 Å². The van der Waals surface area contributed by atoms with E-state index in [1.165, 1.54) is 23.1 Å². The average molecular weight is 546 g/mol. The topological polar surface area (TPSA) is 64.1 Å². The third kappa shape index (κ3) is 5.21. The average Bonchev–Trinajstić information content (AvgIpc) is 2.91. The van der Waals surface area contributed by atoms with Crippen molar-refractivity contribution in [2.24, 2.45) is 0 Å². The molecule has 200 valence electrons. The van der Waals surface area contributed by atoms with Gasteiger partial charge in [0.1, 0.15) is 0 Å². The van der Waals surface area contributed by atoms with E-state index in [1.54, 1.807) is 26.2 Å². The van der Waals surface area contributed by atoms with Crippen LogP contribution in [0.2, 0.25) is 5.02 Å². The van der Waals surface area contributed by atoms with Crippen LogP contribution < -0.4 is 4.90 Å². The van der Waals surface area contributed by atoms with Gasteiger partial charge in [0.05, 0.1) is 10.6 Å². The van der Waals surface area contributed by atoms with Crippen LogP contribution >= 0.6 is 11.6 Å². The highest BCUT2D eigenvalue weighted by atomic mass is 35.5. The molecule has 1 heterocycles. The summed E-state index contributed by atoms with van der Waals surface area (Å²) in [5, 5.41) is 10.9. The molecule has 6 nitrogen and oxygen atoms in total. The summed E-state index contributed by atoms with van der Waals surface area (Å²) in [7, 11) is 3.31. The largest absolute Gasteiger partial charge is 0.430 e. The van der Waals surface area contributed by atoms with Gasteiger partial charge in [0, 0.05) is 51.5 Å². The van der Waals surface area contributed by atoms with E-state index in [9.17, 15) is 27.9 Å². The molecule has 0 saturated carbocycles. The highest BCUT2D eigenvalue weighted by Gasteiger charge is 2.62. The number of aliphatic hydroxyl groups is 1. The molecule has 0 bridgehead atoms. The second-order valence-corrected chi connectivity index (χ2v) is 9.70. The van der Waals surface area contributed by atoms with Crippen LogP contribution in [0.5, 0.6) is 0 Å². The van der Waals surface area contributed by atoms with Crippen LogP contribution in [0.15, 0.2) is 72.8 Å². The summed E-state index contributed by atoms with van der Waals surface area (Å²) in [6.07, 6.45) is -5.17. The maximum atomic E-state index is 13.9. The summed E-state index contributed by atoms with van der Waals surface area (Å²) < 4.78 is 41.7. The molecule has 1 atom stereocenters. The van der Waals surface area contributed by atoms with Gasteiger partial charge in [-0.2, -0.15) is 13.2 Å².